The number of carboxylic acids is 1. The van der Waals surface area contributed by atoms with E-state index in [2.05, 4.69) is 5.32 Å². The standard InChI is InChI=1S/C29H27N5O9/c30-18(10-22(35)36)28(40)33-7-3-6-20(33)26(38)31-11-23(37)43-25-16-9-21-24-15(8-14-4-1-2-5-19(14)32-24)12-34(21)27(39)17(16)13-42-29(25)41/h1-2,4-5,8-9,18,20,25H,3,6-7,10-13,30H2,(H,31,38)(H,35,36)/t18-,20-,25?/m0/s1. The predicted molar refractivity (Wildman–Crippen MR) is 147 cm³/mol. The van der Waals surface area contributed by atoms with Crippen LogP contribution in [0.5, 0.6) is 0 Å². The van der Waals surface area contributed by atoms with Gasteiger partial charge in [0.2, 0.25) is 17.9 Å². The first-order chi connectivity index (χ1) is 20.6. The van der Waals surface area contributed by atoms with Crippen molar-refractivity contribution in [3.8, 4) is 11.4 Å². The summed E-state index contributed by atoms with van der Waals surface area (Å²) in [6.07, 6.45) is -1.32. The van der Waals surface area contributed by atoms with Gasteiger partial charge in [0.1, 0.15) is 19.2 Å². The Labute approximate surface area is 243 Å². The summed E-state index contributed by atoms with van der Waals surface area (Å²) in [6, 6.07) is 8.87. The molecule has 0 bridgehead atoms. The predicted octanol–water partition coefficient (Wildman–Crippen LogP) is -0.0245. The van der Waals surface area contributed by atoms with Gasteiger partial charge in [0.25, 0.3) is 5.56 Å². The van der Waals surface area contributed by atoms with Gasteiger partial charge in [0.15, 0.2) is 0 Å². The van der Waals surface area contributed by atoms with Gasteiger partial charge >= 0.3 is 17.9 Å². The molecule has 0 radical (unpaired) electrons. The number of para-hydroxylation sites is 1. The van der Waals surface area contributed by atoms with E-state index in [1.54, 1.807) is 10.6 Å². The Morgan fingerprint density at radius 2 is 1.98 bits per heavy atom. The van der Waals surface area contributed by atoms with Crippen molar-refractivity contribution in [3.05, 3.63) is 63.4 Å². The van der Waals surface area contributed by atoms with Gasteiger partial charge in [-0.1, -0.05) is 18.2 Å². The van der Waals surface area contributed by atoms with Crippen molar-refractivity contribution < 1.29 is 38.6 Å². The van der Waals surface area contributed by atoms with Crippen LogP contribution in [-0.4, -0.2) is 74.5 Å². The topological polar surface area (TPSA) is 200 Å². The maximum absolute atomic E-state index is 13.4. The molecule has 0 saturated carbocycles. The lowest BCUT2D eigenvalue weighted by Gasteiger charge is -2.27. The molecule has 14 heteroatoms. The highest BCUT2D eigenvalue weighted by molar-refractivity contribution is 5.93. The largest absolute Gasteiger partial charge is 0.481 e. The number of aliphatic carboxylic acids is 1. The van der Waals surface area contributed by atoms with Gasteiger partial charge in [-0.3, -0.25) is 24.0 Å². The molecule has 2 amide bonds. The Morgan fingerprint density at radius 1 is 1.19 bits per heavy atom. The molecular weight excluding hydrogens is 562 g/mol. The maximum Gasteiger partial charge on any atom is 0.352 e. The van der Waals surface area contributed by atoms with Crippen molar-refractivity contribution >= 4 is 40.6 Å². The van der Waals surface area contributed by atoms with Crippen molar-refractivity contribution in [2.75, 3.05) is 13.1 Å². The number of carbonyl (C=O) groups excluding carboxylic acids is 4. The molecule has 3 aromatic rings. The molecule has 0 aliphatic carbocycles. The van der Waals surface area contributed by atoms with E-state index in [0.717, 1.165) is 16.5 Å². The molecule has 1 fully saturated rings. The number of hydrogen-bond acceptors (Lipinski definition) is 10. The van der Waals surface area contributed by atoms with Crippen molar-refractivity contribution in [2.45, 2.75) is 50.6 Å². The van der Waals surface area contributed by atoms with E-state index in [9.17, 15) is 28.8 Å². The highest BCUT2D eigenvalue weighted by Gasteiger charge is 2.39. The molecule has 1 aromatic carbocycles. The normalized spacial score (nSPS) is 19.2. The quantitative estimate of drug-likeness (QED) is 0.245. The van der Waals surface area contributed by atoms with Gasteiger partial charge in [-0.2, -0.15) is 0 Å². The molecule has 3 atom stereocenters. The number of benzene rings is 1. The van der Waals surface area contributed by atoms with Crippen molar-refractivity contribution in [3.63, 3.8) is 0 Å². The molecule has 0 spiro atoms. The van der Waals surface area contributed by atoms with Crippen LogP contribution in [0.15, 0.2) is 41.2 Å². The van der Waals surface area contributed by atoms with E-state index >= 15 is 0 Å². The van der Waals surface area contributed by atoms with Crippen LogP contribution in [0.3, 0.4) is 0 Å². The van der Waals surface area contributed by atoms with Crippen LogP contribution >= 0.6 is 0 Å². The summed E-state index contributed by atoms with van der Waals surface area (Å²) in [5.41, 5.74) is 8.33. The summed E-state index contributed by atoms with van der Waals surface area (Å²) >= 11 is 0. The number of nitrogens with one attached hydrogen (secondary N) is 1. The number of aromatic nitrogens is 2. The van der Waals surface area contributed by atoms with Crippen molar-refractivity contribution in [1.82, 2.24) is 19.8 Å². The van der Waals surface area contributed by atoms with E-state index in [1.165, 1.54) is 4.90 Å². The Hall–Kier alpha value is -5.11. The fraction of sp³-hybridized carbons (Fsp3) is 0.345. The Morgan fingerprint density at radius 3 is 2.77 bits per heavy atom. The number of esters is 2. The van der Waals surface area contributed by atoms with Crippen LogP contribution in [0.25, 0.3) is 22.3 Å². The van der Waals surface area contributed by atoms with Crippen LogP contribution < -0.4 is 16.6 Å². The van der Waals surface area contributed by atoms with Gasteiger partial charge in [0, 0.05) is 23.1 Å². The van der Waals surface area contributed by atoms with E-state index in [4.69, 9.17) is 25.3 Å². The van der Waals surface area contributed by atoms with Gasteiger partial charge in [-0.25, -0.2) is 9.78 Å². The van der Waals surface area contributed by atoms with Gasteiger partial charge in [0.05, 0.1) is 41.5 Å². The number of carbonyl (C=O) groups is 5. The summed E-state index contributed by atoms with van der Waals surface area (Å²) in [4.78, 5) is 81.2. The minimum atomic E-state index is -1.53. The molecule has 5 heterocycles. The van der Waals surface area contributed by atoms with Crippen LogP contribution in [-0.2, 0) is 46.6 Å². The lowest BCUT2D eigenvalue weighted by molar-refractivity contribution is -0.171. The molecule has 14 nitrogen and oxygen atoms in total. The first-order valence-corrected chi connectivity index (χ1v) is 13.7. The average Bonchev–Trinajstić information content (AvgIpc) is 3.61. The lowest BCUT2D eigenvalue weighted by Crippen LogP contribution is -2.52. The molecule has 43 heavy (non-hydrogen) atoms. The number of carboxylic acid groups (broad SMARTS) is 1. The average molecular weight is 590 g/mol. The van der Waals surface area contributed by atoms with Gasteiger partial charge < -0.3 is 35.1 Å². The number of pyridine rings is 2. The number of ether oxygens (including phenoxy) is 2. The molecule has 222 valence electrons. The van der Waals surface area contributed by atoms with E-state index < -0.39 is 60.9 Å². The van der Waals surface area contributed by atoms with E-state index in [-0.39, 0.29) is 29.8 Å². The van der Waals surface area contributed by atoms with Crippen LogP contribution in [0.4, 0.5) is 0 Å². The van der Waals surface area contributed by atoms with E-state index in [0.29, 0.717) is 30.8 Å². The van der Waals surface area contributed by atoms with Gasteiger partial charge in [-0.05, 0) is 31.0 Å². The number of rotatable bonds is 7. The second kappa shape index (κ2) is 10.9. The minimum absolute atomic E-state index is 0.181. The second-order valence-electron chi connectivity index (χ2n) is 10.6. The molecule has 1 saturated heterocycles. The Bertz CT molecular complexity index is 1770. The first kappa shape index (κ1) is 28.0. The summed E-state index contributed by atoms with van der Waals surface area (Å²) in [7, 11) is 0. The van der Waals surface area contributed by atoms with Crippen molar-refractivity contribution in [1.29, 1.82) is 0 Å². The number of fused-ring (bicyclic) bond motifs is 5. The fourth-order valence-electron chi connectivity index (χ4n) is 5.81. The van der Waals surface area contributed by atoms with Crippen LogP contribution in [0.2, 0.25) is 0 Å². The highest BCUT2D eigenvalue weighted by Crippen LogP contribution is 2.36. The Balaban J connectivity index is 1.18. The maximum atomic E-state index is 13.4. The first-order valence-electron chi connectivity index (χ1n) is 13.7. The Kier molecular flexibility index (Phi) is 7.13. The summed E-state index contributed by atoms with van der Waals surface area (Å²) in [5, 5.41) is 12.2. The number of nitrogens with zero attached hydrogens (tertiary/aromatic N) is 3. The second-order valence-corrected chi connectivity index (χ2v) is 10.6. The highest BCUT2D eigenvalue weighted by atomic mass is 16.6. The number of likely N-dealkylation sites (tertiary alicyclic amines) is 1. The third kappa shape index (κ3) is 5.09. The summed E-state index contributed by atoms with van der Waals surface area (Å²) in [5.74, 6) is -4.39. The van der Waals surface area contributed by atoms with Crippen molar-refractivity contribution in [2.24, 2.45) is 5.73 Å². The number of amides is 2. The van der Waals surface area contributed by atoms with E-state index in [1.807, 2.05) is 30.3 Å². The zero-order chi connectivity index (χ0) is 30.4. The third-order valence-corrected chi connectivity index (χ3v) is 7.87. The summed E-state index contributed by atoms with van der Waals surface area (Å²) in [6.45, 7) is -0.398. The smallest absolute Gasteiger partial charge is 0.352 e. The third-order valence-electron chi connectivity index (χ3n) is 7.87. The molecule has 2 aromatic heterocycles. The monoisotopic (exact) mass is 589 g/mol. The fourth-order valence-corrected chi connectivity index (χ4v) is 5.81. The number of cyclic esters (lactones) is 1. The molecule has 3 aliphatic rings. The molecule has 4 N–H and O–H groups in total. The van der Waals surface area contributed by atoms with Crippen LogP contribution in [0.1, 0.15) is 42.1 Å². The number of nitrogens with two attached hydrogens (primary N) is 1. The molecular formula is C29H27N5O9. The SMILES string of the molecule is N[C@@H](CC(=O)O)C(=O)N1CCC[C@H]1C(=O)NCC(=O)OC1C(=O)OCc2c1cc1n(c2=O)Cc2cc3ccccc3nc2-1. The van der Waals surface area contributed by atoms with Gasteiger partial charge in [-0.15, -0.1) is 0 Å². The zero-order valence-electron chi connectivity index (χ0n) is 22.8. The molecule has 1 unspecified atom stereocenters. The molecule has 3 aliphatic heterocycles. The zero-order valence-corrected chi connectivity index (χ0v) is 22.8. The minimum Gasteiger partial charge on any atom is -0.481 e. The summed E-state index contributed by atoms with van der Waals surface area (Å²) < 4.78 is 12.1. The lowest BCUT2D eigenvalue weighted by atomic mass is 10.00. The molecule has 6 rings (SSSR count). The van der Waals surface area contributed by atoms with Crippen LogP contribution in [0, 0.1) is 0 Å². The number of hydrogen-bond donors (Lipinski definition) is 3.